The summed E-state index contributed by atoms with van der Waals surface area (Å²) in [5.74, 6) is 1.11. The number of carbonyl (C=O) groups is 2. The number of urea groups is 1. The fourth-order valence-corrected chi connectivity index (χ4v) is 3.54. The molecule has 2 aromatic carbocycles. The minimum Gasteiger partial charge on any atom is -0.493 e. The number of fused-ring (bicyclic) bond motifs is 1. The third-order valence-electron chi connectivity index (χ3n) is 5.46. The first-order valence-electron chi connectivity index (χ1n) is 10.5. The van der Waals surface area contributed by atoms with E-state index in [1.54, 1.807) is 42.2 Å². The number of nitrogens with one attached hydrogen (secondary N) is 1. The maximum absolute atomic E-state index is 12.7. The Morgan fingerprint density at radius 1 is 1.06 bits per heavy atom. The SMILES string of the molecule is COc1ccc(NC(=O)N2CCC(=O)N(C)CC2)cc1OCc1ccc2ccccc2n1. The normalized spacial score (nSPS) is 14.2. The highest BCUT2D eigenvalue weighted by Gasteiger charge is 2.22. The molecule has 1 aliphatic heterocycles. The number of rotatable bonds is 5. The van der Waals surface area contributed by atoms with Crippen LogP contribution in [0.5, 0.6) is 11.5 Å². The molecule has 1 fully saturated rings. The van der Waals surface area contributed by atoms with Gasteiger partial charge in [0.1, 0.15) is 6.61 Å². The van der Waals surface area contributed by atoms with Crippen LogP contribution in [0.3, 0.4) is 0 Å². The Labute approximate surface area is 186 Å². The number of likely N-dealkylation sites (N-methyl/N-ethyl adjacent to an activating group) is 1. The summed E-state index contributed by atoms with van der Waals surface area (Å²) >= 11 is 0. The zero-order valence-electron chi connectivity index (χ0n) is 18.2. The number of benzene rings is 2. The van der Waals surface area contributed by atoms with Crippen LogP contribution in [-0.2, 0) is 11.4 Å². The van der Waals surface area contributed by atoms with E-state index in [1.165, 1.54) is 0 Å². The van der Waals surface area contributed by atoms with Crippen molar-refractivity contribution >= 4 is 28.5 Å². The molecule has 32 heavy (non-hydrogen) atoms. The number of nitrogens with zero attached hydrogens (tertiary/aromatic N) is 3. The van der Waals surface area contributed by atoms with Crippen LogP contribution in [0.2, 0.25) is 0 Å². The first-order chi connectivity index (χ1) is 15.5. The summed E-state index contributed by atoms with van der Waals surface area (Å²) in [7, 11) is 3.32. The van der Waals surface area contributed by atoms with Crippen LogP contribution in [0.1, 0.15) is 12.1 Å². The number of hydrogen-bond donors (Lipinski definition) is 1. The van der Waals surface area contributed by atoms with Crippen molar-refractivity contribution in [3.63, 3.8) is 0 Å². The zero-order chi connectivity index (χ0) is 22.5. The number of para-hydroxylation sites is 1. The second-order valence-electron chi connectivity index (χ2n) is 7.63. The molecular weight excluding hydrogens is 408 g/mol. The van der Waals surface area contributed by atoms with E-state index in [1.807, 2.05) is 36.4 Å². The summed E-state index contributed by atoms with van der Waals surface area (Å²) in [6.45, 7) is 1.66. The van der Waals surface area contributed by atoms with Gasteiger partial charge in [-0.05, 0) is 24.3 Å². The Balaban J connectivity index is 1.44. The molecule has 3 aromatic rings. The minimum absolute atomic E-state index is 0.0442. The summed E-state index contributed by atoms with van der Waals surface area (Å²) in [6, 6.07) is 16.8. The molecule has 0 unspecified atom stereocenters. The Hall–Kier alpha value is -3.81. The van der Waals surface area contributed by atoms with Crippen molar-refractivity contribution in [3.8, 4) is 11.5 Å². The fraction of sp³-hybridized carbons (Fsp3) is 0.292. The molecule has 1 N–H and O–H groups in total. The van der Waals surface area contributed by atoms with Crippen molar-refractivity contribution in [3.05, 3.63) is 60.3 Å². The van der Waals surface area contributed by atoms with E-state index in [2.05, 4.69) is 10.3 Å². The van der Waals surface area contributed by atoms with E-state index in [-0.39, 0.29) is 18.5 Å². The summed E-state index contributed by atoms with van der Waals surface area (Å²) in [5, 5.41) is 3.96. The van der Waals surface area contributed by atoms with E-state index < -0.39 is 0 Å². The summed E-state index contributed by atoms with van der Waals surface area (Å²) in [5.41, 5.74) is 2.28. The van der Waals surface area contributed by atoms with Crippen molar-refractivity contribution in [2.75, 3.05) is 39.1 Å². The molecule has 1 aromatic heterocycles. The molecule has 0 bridgehead atoms. The van der Waals surface area contributed by atoms with Gasteiger partial charge in [-0.2, -0.15) is 0 Å². The maximum atomic E-state index is 12.7. The van der Waals surface area contributed by atoms with Crippen molar-refractivity contribution in [2.45, 2.75) is 13.0 Å². The minimum atomic E-state index is -0.250. The predicted molar refractivity (Wildman–Crippen MR) is 122 cm³/mol. The molecule has 166 valence electrons. The molecule has 2 heterocycles. The summed E-state index contributed by atoms with van der Waals surface area (Å²) < 4.78 is 11.4. The molecule has 0 saturated carbocycles. The number of carbonyl (C=O) groups excluding carboxylic acids is 2. The van der Waals surface area contributed by atoms with Gasteiger partial charge in [-0.3, -0.25) is 4.79 Å². The highest BCUT2D eigenvalue weighted by atomic mass is 16.5. The van der Waals surface area contributed by atoms with Gasteiger partial charge in [0.25, 0.3) is 0 Å². The van der Waals surface area contributed by atoms with Crippen molar-refractivity contribution in [1.82, 2.24) is 14.8 Å². The summed E-state index contributed by atoms with van der Waals surface area (Å²) in [4.78, 5) is 32.5. The Kier molecular flexibility index (Phi) is 6.39. The number of hydrogen-bond acceptors (Lipinski definition) is 5. The molecule has 8 nitrogen and oxygen atoms in total. The quantitative estimate of drug-likeness (QED) is 0.664. The smallest absolute Gasteiger partial charge is 0.321 e. The monoisotopic (exact) mass is 434 g/mol. The van der Waals surface area contributed by atoms with E-state index in [9.17, 15) is 9.59 Å². The molecule has 0 atom stereocenters. The predicted octanol–water partition coefficient (Wildman–Crippen LogP) is 3.52. The first kappa shape index (κ1) is 21.4. The third-order valence-corrected chi connectivity index (χ3v) is 5.46. The van der Waals surface area contributed by atoms with Gasteiger partial charge in [-0.15, -0.1) is 0 Å². The van der Waals surface area contributed by atoms with E-state index in [0.717, 1.165) is 16.6 Å². The second-order valence-corrected chi connectivity index (χ2v) is 7.63. The molecule has 8 heteroatoms. The third kappa shape index (κ3) is 4.91. The maximum Gasteiger partial charge on any atom is 0.321 e. The summed E-state index contributed by atoms with van der Waals surface area (Å²) in [6.07, 6.45) is 0.319. The van der Waals surface area contributed by atoms with Crippen LogP contribution < -0.4 is 14.8 Å². The Bertz CT molecular complexity index is 1130. The lowest BCUT2D eigenvalue weighted by Crippen LogP contribution is -2.37. The van der Waals surface area contributed by atoms with Crippen LogP contribution in [0.25, 0.3) is 10.9 Å². The highest BCUT2D eigenvalue weighted by Crippen LogP contribution is 2.31. The van der Waals surface area contributed by atoms with E-state index >= 15 is 0 Å². The number of methoxy groups -OCH3 is 1. The highest BCUT2D eigenvalue weighted by molar-refractivity contribution is 5.90. The van der Waals surface area contributed by atoms with E-state index in [0.29, 0.717) is 43.2 Å². The van der Waals surface area contributed by atoms with Crippen LogP contribution in [0, 0.1) is 0 Å². The van der Waals surface area contributed by atoms with Gasteiger partial charge >= 0.3 is 6.03 Å². The largest absolute Gasteiger partial charge is 0.493 e. The standard InChI is InChI=1S/C24H26N4O4/c1-27-13-14-28(12-11-23(27)29)24(30)26-18-9-10-21(31-2)22(15-18)32-16-19-8-7-17-5-3-4-6-20(17)25-19/h3-10,15H,11-14,16H2,1-2H3,(H,26,30). The Morgan fingerprint density at radius 2 is 1.91 bits per heavy atom. The second kappa shape index (κ2) is 9.55. The van der Waals surface area contributed by atoms with Crippen LogP contribution in [-0.4, -0.2) is 60.5 Å². The van der Waals surface area contributed by atoms with Gasteiger partial charge in [-0.25, -0.2) is 9.78 Å². The Morgan fingerprint density at radius 3 is 2.75 bits per heavy atom. The van der Waals surface area contributed by atoms with Gasteiger partial charge in [0.2, 0.25) is 5.91 Å². The molecule has 0 radical (unpaired) electrons. The van der Waals surface area contributed by atoms with Gasteiger partial charge < -0.3 is 24.6 Å². The van der Waals surface area contributed by atoms with Crippen LogP contribution in [0.15, 0.2) is 54.6 Å². The van der Waals surface area contributed by atoms with Crippen molar-refractivity contribution in [2.24, 2.45) is 0 Å². The first-order valence-corrected chi connectivity index (χ1v) is 10.5. The molecular formula is C24H26N4O4. The molecule has 1 aliphatic rings. The fourth-order valence-electron chi connectivity index (χ4n) is 3.54. The van der Waals surface area contributed by atoms with Gasteiger partial charge in [-0.1, -0.05) is 24.3 Å². The van der Waals surface area contributed by atoms with Crippen molar-refractivity contribution in [1.29, 1.82) is 0 Å². The average molecular weight is 434 g/mol. The van der Waals surface area contributed by atoms with E-state index in [4.69, 9.17) is 9.47 Å². The molecule has 4 rings (SSSR count). The number of anilines is 1. The van der Waals surface area contributed by atoms with Crippen molar-refractivity contribution < 1.29 is 19.1 Å². The lowest BCUT2D eigenvalue weighted by molar-refractivity contribution is -0.129. The van der Waals surface area contributed by atoms with Gasteiger partial charge in [0.05, 0.1) is 18.3 Å². The molecule has 0 aliphatic carbocycles. The topological polar surface area (TPSA) is 84.0 Å². The van der Waals surface area contributed by atoms with Crippen LogP contribution >= 0.6 is 0 Å². The zero-order valence-corrected chi connectivity index (χ0v) is 18.2. The average Bonchev–Trinajstić information content (AvgIpc) is 2.98. The van der Waals surface area contributed by atoms with Gasteiger partial charge in [0, 0.05) is 50.2 Å². The number of aromatic nitrogens is 1. The number of ether oxygens (including phenoxy) is 2. The van der Waals surface area contributed by atoms with Crippen LogP contribution in [0.4, 0.5) is 10.5 Å². The number of pyridine rings is 1. The van der Waals surface area contributed by atoms with Gasteiger partial charge in [0.15, 0.2) is 11.5 Å². The lowest BCUT2D eigenvalue weighted by Gasteiger charge is -2.21. The molecule has 3 amide bonds. The number of amides is 3. The molecule has 0 spiro atoms. The molecule has 1 saturated heterocycles. The lowest BCUT2D eigenvalue weighted by atomic mass is 10.2.